The first-order valence-electron chi connectivity index (χ1n) is 7.96. The molecule has 0 aromatic heterocycles. The van der Waals surface area contributed by atoms with E-state index in [1.165, 1.54) is 0 Å². The summed E-state index contributed by atoms with van der Waals surface area (Å²) in [6.45, 7) is 0. The van der Waals surface area contributed by atoms with Crippen LogP contribution in [0.4, 0.5) is 11.4 Å². The zero-order valence-electron chi connectivity index (χ0n) is 13.2. The molecule has 0 aliphatic heterocycles. The smallest absolute Gasteiger partial charge is 0.0479 e. The fourth-order valence-electron chi connectivity index (χ4n) is 3.20. The highest BCUT2D eigenvalue weighted by atomic mass is 14.6. The summed E-state index contributed by atoms with van der Waals surface area (Å²) in [5, 5.41) is 2.22. The zero-order chi connectivity index (χ0) is 16.5. The SMILES string of the molecule is Nc1ccc2cc(-c3ccccc3)c(N)c(-c3ccccc3)c2c1. The molecule has 4 aromatic carbocycles. The van der Waals surface area contributed by atoms with E-state index in [2.05, 4.69) is 36.4 Å². The maximum Gasteiger partial charge on any atom is 0.0479 e. The van der Waals surface area contributed by atoms with E-state index >= 15 is 0 Å². The quantitative estimate of drug-likeness (QED) is 0.491. The molecule has 0 atom stereocenters. The van der Waals surface area contributed by atoms with E-state index in [0.29, 0.717) is 0 Å². The summed E-state index contributed by atoms with van der Waals surface area (Å²) in [4.78, 5) is 0. The van der Waals surface area contributed by atoms with Crippen molar-refractivity contribution in [1.29, 1.82) is 0 Å². The molecule has 4 rings (SSSR count). The maximum atomic E-state index is 6.62. The molecule has 24 heavy (non-hydrogen) atoms. The van der Waals surface area contributed by atoms with E-state index in [1.54, 1.807) is 0 Å². The number of anilines is 2. The lowest BCUT2D eigenvalue weighted by molar-refractivity contribution is 1.61. The Kier molecular flexibility index (Phi) is 3.43. The summed E-state index contributed by atoms with van der Waals surface area (Å²) in [7, 11) is 0. The molecule has 0 amide bonds. The highest BCUT2D eigenvalue weighted by molar-refractivity contribution is 6.08. The van der Waals surface area contributed by atoms with Gasteiger partial charge in [0, 0.05) is 22.5 Å². The third-order valence-electron chi connectivity index (χ3n) is 4.35. The molecule has 2 heteroatoms. The third-order valence-corrected chi connectivity index (χ3v) is 4.35. The van der Waals surface area contributed by atoms with Crippen molar-refractivity contribution in [3.05, 3.63) is 84.9 Å². The van der Waals surface area contributed by atoms with Crippen LogP contribution in [-0.2, 0) is 0 Å². The summed E-state index contributed by atoms with van der Waals surface area (Å²) >= 11 is 0. The van der Waals surface area contributed by atoms with E-state index in [-0.39, 0.29) is 0 Å². The van der Waals surface area contributed by atoms with Crippen LogP contribution in [0.15, 0.2) is 84.9 Å². The number of nitrogens with two attached hydrogens (primary N) is 2. The Morgan fingerprint density at radius 3 is 1.88 bits per heavy atom. The second-order valence-corrected chi connectivity index (χ2v) is 5.93. The lowest BCUT2D eigenvalue weighted by Gasteiger charge is -2.16. The van der Waals surface area contributed by atoms with Gasteiger partial charge in [-0.15, -0.1) is 0 Å². The third kappa shape index (κ3) is 2.38. The Labute approximate surface area is 141 Å². The first-order valence-corrected chi connectivity index (χ1v) is 7.96. The van der Waals surface area contributed by atoms with Crippen molar-refractivity contribution < 1.29 is 0 Å². The van der Waals surface area contributed by atoms with E-state index in [4.69, 9.17) is 11.5 Å². The van der Waals surface area contributed by atoms with Gasteiger partial charge in [-0.1, -0.05) is 66.7 Å². The van der Waals surface area contributed by atoms with Crippen molar-refractivity contribution in [2.24, 2.45) is 0 Å². The predicted octanol–water partition coefficient (Wildman–Crippen LogP) is 5.34. The van der Waals surface area contributed by atoms with Crippen LogP contribution in [0.1, 0.15) is 0 Å². The number of fused-ring (bicyclic) bond motifs is 1. The molecule has 0 aliphatic carbocycles. The molecule has 0 saturated carbocycles. The van der Waals surface area contributed by atoms with Gasteiger partial charge in [-0.05, 0) is 40.1 Å². The van der Waals surface area contributed by atoms with Crippen LogP contribution in [-0.4, -0.2) is 0 Å². The molecule has 0 aliphatic rings. The van der Waals surface area contributed by atoms with Gasteiger partial charge in [0.15, 0.2) is 0 Å². The molecule has 2 nitrogen and oxygen atoms in total. The van der Waals surface area contributed by atoms with Crippen LogP contribution < -0.4 is 11.5 Å². The van der Waals surface area contributed by atoms with Crippen LogP contribution in [0.3, 0.4) is 0 Å². The van der Waals surface area contributed by atoms with Gasteiger partial charge < -0.3 is 11.5 Å². The van der Waals surface area contributed by atoms with Crippen LogP contribution >= 0.6 is 0 Å². The summed E-state index contributed by atoms with van der Waals surface area (Å²) < 4.78 is 0. The van der Waals surface area contributed by atoms with Crippen LogP contribution in [0.25, 0.3) is 33.0 Å². The molecular formula is C22H18N2. The number of benzene rings is 4. The first-order chi connectivity index (χ1) is 11.7. The van der Waals surface area contributed by atoms with Crippen LogP contribution in [0.2, 0.25) is 0 Å². The van der Waals surface area contributed by atoms with E-state index in [0.717, 1.165) is 44.4 Å². The number of nitrogen functional groups attached to an aromatic ring is 2. The highest BCUT2D eigenvalue weighted by Gasteiger charge is 2.14. The Morgan fingerprint density at radius 2 is 1.21 bits per heavy atom. The molecule has 0 bridgehead atoms. The Hall–Kier alpha value is -3.26. The van der Waals surface area contributed by atoms with Crippen LogP contribution in [0.5, 0.6) is 0 Å². The van der Waals surface area contributed by atoms with Gasteiger partial charge in [0.05, 0.1) is 0 Å². The van der Waals surface area contributed by atoms with Crippen molar-refractivity contribution in [2.75, 3.05) is 11.5 Å². The van der Waals surface area contributed by atoms with Crippen molar-refractivity contribution in [3.63, 3.8) is 0 Å². The molecule has 0 spiro atoms. The Bertz CT molecular complexity index is 1010. The minimum Gasteiger partial charge on any atom is -0.399 e. The standard InChI is InChI=1S/C22H18N2/c23-18-12-11-17-13-20(15-7-3-1-4-8-15)22(24)21(19(17)14-18)16-9-5-2-6-10-16/h1-14H,23-24H2. The average Bonchev–Trinajstić information content (AvgIpc) is 2.63. The fraction of sp³-hybridized carbons (Fsp3) is 0. The largest absolute Gasteiger partial charge is 0.399 e. The van der Waals surface area contributed by atoms with Gasteiger partial charge in [-0.3, -0.25) is 0 Å². The average molecular weight is 310 g/mol. The van der Waals surface area contributed by atoms with Gasteiger partial charge >= 0.3 is 0 Å². The first kappa shape index (κ1) is 14.3. The number of hydrogen-bond acceptors (Lipinski definition) is 2. The van der Waals surface area contributed by atoms with Gasteiger partial charge in [0.2, 0.25) is 0 Å². The summed E-state index contributed by atoms with van der Waals surface area (Å²) in [6.07, 6.45) is 0. The van der Waals surface area contributed by atoms with Gasteiger partial charge in [0.25, 0.3) is 0 Å². The normalized spacial score (nSPS) is 10.8. The molecular weight excluding hydrogens is 292 g/mol. The zero-order valence-corrected chi connectivity index (χ0v) is 13.2. The molecule has 0 saturated heterocycles. The van der Waals surface area contributed by atoms with E-state index in [9.17, 15) is 0 Å². The number of rotatable bonds is 2. The molecule has 0 heterocycles. The molecule has 116 valence electrons. The Morgan fingerprint density at radius 1 is 0.583 bits per heavy atom. The predicted molar refractivity (Wildman–Crippen MR) is 104 cm³/mol. The summed E-state index contributed by atoms with van der Waals surface area (Å²) in [5.74, 6) is 0. The van der Waals surface area contributed by atoms with Crippen LogP contribution in [0, 0.1) is 0 Å². The maximum absolute atomic E-state index is 6.62. The van der Waals surface area contributed by atoms with Gasteiger partial charge in [0.1, 0.15) is 0 Å². The molecule has 4 aromatic rings. The van der Waals surface area contributed by atoms with Gasteiger partial charge in [-0.25, -0.2) is 0 Å². The van der Waals surface area contributed by atoms with Crippen molar-refractivity contribution in [2.45, 2.75) is 0 Å². The topological polar surface area (TPSA) is 52.0 Å². The fourth-order valence-corrected chi connectivity index (χ4v) is 3.20. The number of hydrogen-bond donors (Lipinski definition) is 2. The van der Waals surface area contributed by atoms with E-state index < -0.39 is 0 Å². The molecule has 4 N–H and O–H groups in total. The second kappa shape index (κ2) is 5.74. The minimum atomic E-state index is 0.742. The monoisotopic (exact) mass is 310 g/mol. The van der Waals surface area contributed by atoms with Crippen molar-refractivity contribution >= 4 is 22.1 Å². The van der Waals surface area contributed by atoms with Crippen molar-refractivity contribution in [1.82, 2.24) is 0 Å². The summed E-state index contributed by atoms with van der Waals surface area (Å²) in [5.41, 5.74) is 18.5. The van der Waals surface area contributed by atoms with Crippen molar-refractivity contribution in [3.8, 4) is 22.3 Å². The molecule has 0 fully saturated rings. The molecule has 0 radical (unpaired) electrons. The highest BCUT2D eigenvalue weighted by Crippen LogP contribution is 2.41. The molecule has 0 unspecified atom stereocenters. The van der Waals surface area contributed by atoms with E-state index in [1.807, 2.05) is 48.5 Å². The lowest BCUT2D eigenvalue weighted by Crippen LogP contribution is -1.97. The minimum absolute atomic E-state index is 0.742. The Balaban J connectivity index is 2.11. The lowest BCUT2D eigenvalue weighted by atomic mass is 9.90. The second-order valence-electron chi connectivity index (χ2n) is 5.93. The summed E-state index contributed by atoms with van der Waals surface area (Å²) in [6, 6.07) is 28.6. The van der Waals surface area contributed by atoms with Gasteiger partial charge in [-0.2, -0.15) is 0 Å².